The average molecular weight is 265 g/mol. The molecule has 0 saturated heterocycles. The van der Waals surface area contributed by atoms with E-state index in [0.717, 1.165) is 0 Å². The molecule has 1 unspecified atom stereocenters. The first-order valence-corrected chi connectivity index (χ1v) is 6.42. The molecule has 5 heteroatoms. The van der Waals surface area contributed by atoms with E-state index in [-0.39, 0.29) is 18.4 Å². The van der Waals surface area contributed by atoms with Gasteiger partial charge in [-0.15, -0.1) is 0 Å². The molecule has 0 bridgehead atoms. The summed E-state index contributed by atoms with van der Waals surface area (Å²) in [6, 6.07) is 5.34. The summed E-state index contributed by atoms with van der Waals surface area (Å²) in [7, 11) is 0. The highest BCUT2D eigenvalue weighted by atomic mass is 16.5. The number of pyridine rings is 1. The molecule has 0 fully saturated rings. The van der Waals surface area contributed by atoms with Gasteiger partial charge in [0.15, 0.2) is 0 Å². The summed E-state index contributed by atoms with van der Waals surface area (Å²) in [6.45, 7) is 4.15. The Morgan fingerprint density at radius 3 is 2.53 bits per heavy atom. The molecule has 0 aliphatic carbocycles. The highest BCUT2D eigenvalue weighted by molar-refractivity contribution is 5.78. The van der Waals surface area contributed by atoms with Crippen molar-refractivity contribution in [1.29, 1.82) is 0 Å². The van der Waals surface area contributed by atoms with Crippen LogP contribution in [-0.4, -0.2) is 30.1 Å². The van der Waals surface area contributed by atoms with E-state index < -0.39 is 5.92 Å². The lowest BCUT2D eigenvalue weighted by Crippen LogP contribution is -2.18. The minimum absolute atomic E-state index is 0.174. The SMILES string of the molecule is CCOC(=O)CCC(C(=O)OCC)c1ccccn1. The molecular weight excluding hydrogens is 246 g/mol. The Hall–Kier alpha value is -1.91. The molecule has 0 saturated carbocycles. The van der Waals surface area contributed by atoms with Crippen molar-refractivity contribution in [3.05, 3.63) is 30.1 Å². The third-order valence-corrected chi connectivity index (χ3v) is 2.56. The Bertz CT molecular complexity index is 405. The second-order valence-electron chi connectivity index (χ2n) is 3.90. The molecule has 0 amide bonds. The fraction of sp³-hybridized carbons (Fsp3) is 0.500. The molecule has 0 aliphatic heterocycles. The Morgan fingerprint density at radius 1 is 1.21 bits per heavy atom. The summed E-state index contributed by atoms with van der Waals surface area (Å²) in [6.07, 6.45) is 2.13. The smallest absolute Gasteiger partial charge is 0.315 e. The van der Waals surface area contributed by atoms with Gasteiger partial charge in [0, 0.05) is 12.6 Å². The van der Waals surface area contributed by atoms with E-state index in [1.807, 2.05) is 0 Å². The van der Waals surface area contributed by atoms with E-state index in [0.29, 0.717) is 25.3 Å². The second kappa shape index (κ2) is 8.24. The zero-order valence-electron chi connectivity index (χ0n) is 11.3. The molecule has 1 aromatic heterocycles. The average Bonchev–Trinajstić information content (AvgIpc) is 2.41. The van der Waals surface area contributed by atoms with E-state index in [4.69, 9.17) is 9.47 Å². The number of rotatable bonds is 7. The van der Waals surface area contributed by atoms with Crippen LogP contribution in [0.3, 0.4) is 0 Å². The fourth-order valence-electron chi connectivity index (χ4n) is 1.71. The lowest BCUT2D eigenvalue weighted by Gasteiger charge is -2.14. The topological polar surface area (TPSA) is 65.5 Å². The van der Waals surface area contributed by atoms with Gasteiger partial charge in [0.1, 0.15) is 0 Å². The van der Waals surface area contributed by atoms with Crippen LogP contribution in [0.5, 0.6) is 0 Å². The summed E-state index contributed by atoms with van der Waals surface area (Å²) in [5.41, 5.74) is 0.616. The largest absolute Gasteiger partial charge is 0.466 e. The van der Waals surface area contributed by atoms with Gasteiger partial charge >= 0.3 is 11.9 Å². The zero-order chi connectivity index (χ0) is 14.1. The van der Waals surface area contributed by atoms with Gasteiger partial charge in [-0.05, 0) is 32.4 Å². The van der Waals surface area contributed by atoms with Crippen molar-refractivity contribution in [2.45, 2.75) is 32.6 Å². The van der Waals surface area contributed by atoms with Crippen LogP contribution in [0.4, 0.5) is 0 Å². The highest BCUT2D eigenvalue weighted by Gasteiger charge is 2.24. The normalized spacial score (nSPS) is 11.7. The molecule has 0 aliphatic rings. The van der Waals surface area contributed by atoms with Crippen LogP contribution in [0.2, 0.25) is 0 Å². The molecule has 0 radical (unpaired) electrons. The molecule has 1 heterocycles. The van der Waals surface area contributed by atoms with Crippen LogP contribution in [0.25, 0.3) is 0 Å². The van der Waals surface area contributed by atoms with Crippen LogP contribution in [-0.2, 0) is 19.1 Å². The summed E-state index contributed by atoms with van der Waals surface area (Å²) in [5.74, 6) is -1.19. The molecule has 19 heavy (non-hydrogen) atoms. The van der Waals surface area contributed by atoms with E-state index in [1.165, 1.54) is 0 Å². The molecule has 1 atom stereocenters. The van der Waals surface area contributed by atoms with Crippen LogP contribution in [0, 0.1) is 0 Å². The molecule has 5 nitrogen and oxygen atoms in total. The van der Waals surface area contributed by atoms with Crippen molar-refractivity contribution >= 4 is 11.9 Å². The number of ether oxygens (including phenoxy) is 2. The minimum atomic E-state index is -0.523. The molecule has 0 aromatic carbocycles. The van der Waals surface area contributed by atoms with E-state index in [1.54, 1.807) is 38.2 Å². The van der Waals surface area contributed by atoms with Crippen molar-refractivity contribution in [2.75, 3.05) is 13.2 Å². The van der Waals surface area contributed by atoms with E-state index in [9.17, 15) is 9.59 Å². The third kappa shape index (κ3) is 5.07. The van der Waals surface area contributed by atoms with Crippen molar-refractivity contribution in [3.8, 4) is 0 Å². The highest BCUT2D eigenvalue weighted by Crippen LogP contribution is 2.21. The van der Waals surface area contributed by atoms with Crippen LogP contribution in [0.1, 0.15) is 38.3 Å². The van der Waals surface area contributed by atoms with Gasteiger partial charge in [-0.25, -0.2) is 0 Å². The van der Waals surface area contributed by atoms with Crippen LogP contribution >= 0.6 is 0 Å². The number of carbonyl (C=O) groups excluding carboxylic acids is 2. The summed E-state index contributed by atoms with van der Waals surface area (Å²) < 4.78 is 9.88. The predicted octanol–water partition coefficient (Wildman–Crippen LogP) is 2.07. The Kier molecular flexibility index (Phi) is 6.57. The Morgan fingerprint density at radius 2 is 1.95 bits per heavy atom. The maximum absolute atomic E-state index is 11.9. The first kappa shape index (κ1) is 15.1. The summed E-state index contributed by atoms with van der Waals surface area (Å²) in [5, 5.41) is 0. The molecule has 1 rings (SSSR count). The second-order valence-corrected chi connectivity index (χ2v) is 3.90. The van der Waals surface area contributed by atoms with Crippen molar-refractivity contribution in [1.82, 2.24) is 4.98 Å². The van der Waals surface area contributed by atoms with Gasteiger partial charge in [-0.3, -0.25) is 14.6 Å². The summed E-state index contributed by atoms with van der Waals surface area (Å²) >= 11 is 0. The monoisotopic (exact) mass is 265 g/mol. The lowest BCUT2D eigenvalue weighted by molar-refractivity contribution is -0.146. The molecule has 1 aromatic rings. The van der Waals surface area contributed by atoms with E-state index >= 15 is 0 Å². The predicted molar refractivity (Wildman–Crippen MR) is 69.5 cm³/mol. The number of aromatic nitrogens is 1. The molecule has 0 spiro atoms. The third-order valence-electron chi connectivity index (χ3n) is 2.56. The Balaban J connectivity index is 2.70. The van der Waals surface area contributed by atoms with Crippen molar-refractivity contribution in [2.24, 2.45) is 0 Å². The maximum Gasteiger partial charge on any atom is 0.315 e. The molecular formula is C14H19NO4. The maximum atomic E-state index is 11.9. The number of hydrogen-bond donors (Lipinski definition) is 0. The van der Waals surface area contributed by atoms with Gasteiger partial charge in [0.2, 0.25) is 0 Å². The van der Waals surface area contributed by atoms with E-state index in [2.05, 4.69) is 4.98 Å². The van der Waals surface area contributed by atoms with Crippen LogP contribution in [0.15, 0.2) is 24.4 Å². The Labute approximate surface area is 112 Å². The number of carbonyl (C=O) groups is 2. The van der Waals surface area contributed by atoms with Crippen molar-refractivity contribution < 1.29 is 19.1 Å². The zero-order valence-corrected chi connectivity index (χ0v) is 11.3. The van der Waals surface area contributed by atoms with Gasteiger partial charge < -0.3 is 9.47 Å². The van der Waals surface area contributed by atoms with Gasteiger partial charge in [0.05, 0.1) is 24.8 Å². The molecule has 0 N–H and O–H groups in total. The number of hydrogen-bond acceptors (Lipinski definition) is 5. The summed E-state index contributed by atoms with van der Waals surface area (Å²) in [4.78, 5) is 27.4. The van der Waals surface area contributed by atoms with Gasteiger partial charge in [-0.2, -0.15) is 0 Å². The first-order valence-electron chi connectivity index (χ1n) is 6.42. The minimum Gasteiger partial charge on any atom is -0.466 e. The number of esters is 2. The molecule has 104 valence electrons. The van der Waals surface area contributed by atoms with Gasteiger partial charge in [-0.1, -0.05) is 6.07 Å². The quantitative estimate of drug-likeness (QED) is 0.706. The standard InChI is InChI=1S/C14H19NO4/c1-3-18-13(16)9-8-11(14(17)19-4-2)12-7-5-6-10-15-12/h5-7,10-11H,3-4,8-9H2,1-2H3. The fourth-order valence-corrected chi connectivity index (χ4v) is 1.71. The lowest BCUT2D eigenvalue weighted by atomic mass is 9.99. The number of nitrogens with zero attached hydrogens (tertiary/aromatic N) is 1. The first-order chi connectivity index (χ1) is 9.19. The van der Waals surface area contributed by atoms with Crippen LogP contribution < -0.4 is 0 Å². The van der Waals surface area contributed by atoms with Gasteiger partial charge in [0.25, 0.3) is 0 Å². The van der Waals surface area contributed by atoms with Crippen molar-refractivity contribution in [3.63, 3.8) is 0 Å².